The number of rotatable bonds is 4. The minimum atomic E-state index is -0.205. The van der Waals surface area contributed by atoms with Crippen LogP contribution in [0.25, 0.3) is 0 Å². The van der Waals surface area contributed by atoms with Gasteiger partial charge in [0, 0.05) is 17.6 Å². The van der Waals surface area contributed by atoms with Crippen LogP contribution in [0.4, 0.5) is 4.39 Å². The quantitative estimate of drug-likeness (QED) is 0.822. The van der Waals surface area contributed by atoms with Gasteiger partial charge in [-0.05, 0) is 50.3 Å². The molecule has 1 aliphatic carbocycles. The van der Waals surface area contributed by atoms with Gasteiger partial charge in [-0.2, -0.15) is 0 Å². The van der Waals surface area contributed by atoms with E-state index in [1.807, 2.05) is 0 Å². The smallest absolute Gasteiger partial charge is 0.123 e. The highest BCUT2D eigenvalue weighted by atomic mass is 19.1. The Labute approximate surface area is 121 Å². The van der Waals surface area contributed by atoms with Crippen LogP contribution in [0.3, 0.4) is 0 Å². The molecule has 3 unspecified atom stereocenters. The van der Waals surface area contributed by atoms with E-state index in [1.54, 1.807) is 19.2 Å². The van der Waals surface area contributed by atoms with E-state index < -0.39 is 0 Å². The highest BCUT2D eigenvalue weighted by Crippen LogP contribution is 2.29. The lowest BCUT2D eigenvalue weighted by Gasteiger charge is -2.24. The van der Waals surface area contributed by atoms with Gasteiger partial charge in [0.1, 0.15) is 11.6 Å². The number of hydrogen-bond acceptors (Lipinski definition) is 2. The van der Waals surface area contributed by atoms with E-state index in [0.29, 0.717) is 6.04 Å². The lowest BCUT2D eigenvalue weighted by Crippen LogP contribution is -2.31. The summed E-state index contributed by atoms with van der Waals surface area (Å²) in [6, 6.07) is 5.37. The van der Waals surface area contributed by atoms with Crippen LogP contribution < -0.4 is 10.1 Å². The average Bonchev–Trinajstić information content (AvgIpc) is 2.63. The summed E-state index contributed by atoms with van der Waals surface area (Å²) in [6.45, 7) is 4.42. The zero-order valence-electron chi connectivity index (χ0n) is 12.8. The Bertz CT molecular complexity index is 435. The third-order valence-corrected chi connectivity index (χ3v) is 4.40. The summed E-state index contributed by atoms with van der Waals surface area (Å²) in [5, 5.41) is 3.65. The van der Waals surface area contributed by atoms with E-state index >= 15 is 0 Å². The van der Waals surface area contributed by atoms with E-state index in [9.17, 15) is 4.39 Å². The van der Waals surface area contributed by atoms with Gasteiger partial charge in [0.25, 0.3) is 0 Å². The molecule has 20 heavy (non-hydrogen) atoms. The Morgan fingerprint density at radius 3 is 2.80 bits per heavy atom. The number of ether oxygens (including phenoxy) is 1. The second kappa shape index (κ2) is 7.07. The summed E-state index contributed by atoms with van der Waals surface area (Å²) in [7, 11) is 1.64. The first-order valence-electron chi connectivity index (χ1n) is 7.69. The molecular weight excluding hydrogens is 253 g/mol. The van der Waals surface area contributed by atoms with Crippen molar-refractivity contribution in [3.8, 4) is 5.75 Å². The molecule has 0 aromatic heterocycles. The minimum absolute atomic E-state index is 0.110. The molecule has 0 saturated heterocycles. The molecule has 1 aromatic carbocycles. The Kier molecular flexibility index (Phi) is 5.41. The van der Waals surface area contributed by atoms with Gasteiger partial charge in [-0.3, -0.25) is 0 Å². The average molecular weight is 279 g/mol. The number of hydrogen-bond donors (Lipinski definition) is 1. The van der Waals surface area contributed by atoms with Crippen molar-refractivity contribution >= 4 is 0 Å². The highest BCUT2D eigenvalue weighted by Gasteiger charge is 2.20. The molecule has 2 rings (SSSR count). The van der Waals surface area contributed by atoms with Crippen LogP contribution in [0, 0.1) is 11.7 Å². The topological polar surface area (TPSA) is 21.3 Å². The molecule has 0 spiro atoms. The first-order valence-corrected chi connectivity index (χ1v) is 7.69. The molecule has 0 aliphatic heterocycles. The summed E-state index contributed by atoms with van der Waals surface area (Å²) >= 11 is 0. The minimum Gasteiger partial charge on any atom is -0.496 e. The lowest BCUT2D eigenvalue weighted by molar-refractivity contribution is 0.378. The van der Waals surface area contributed by atoms with Gasteiger partial charge >= 0.3 is 0 Å². The monoisotopic (exact) mass is 279 g/mol. The van der Waals surface area contributed by atoms with Crippen LogP contribution in [0.15, 0.2) is 18.2 Å². The fraction of sp³-hybridized carbons (Fsp3) is 0.647. The van der Waals surface area contributed by atoms with Gasteiger partial charge in [-0.15, -0.1) is 0 Å². The predicted octanol–water partition coefficient (Wildman–Crippen LogP) is 4.45. The highest BCUT2D eigenvalue weighted by molar-refractivity contribution is 5.36. The first-order chi connectivity index (χ1) is 9.60. The van der Waals surface area contributed by atoms with Crippen LogP contribution in [0.5, 0.6) is 5.75 Å². The van der Waals surface area contributed by atoms with E-state index in [0.717, 1.165) is 17.2 Å². The molecule has 1 N–H and O–H groups in total. The maximum atomic E-state index is 13.5. The molecule has 1 aliphatic rings. The molecular formula is C17H26FNO. The molecule has 0 amide bonds. The third-order valence-electron chi connectivity index (χ3n) is 4.40. The zero-order chi connectivity index (χ0) is 14.5. The summed E-state index contributed by atoms with van der Waals surface area (Å²) in [5.74, 6) is 1.39. The molecule has 3 heteroatoms. The number of benzene rings is 1. The van der Waals surface area contributed by atoms with Gasteiger partial charge < -0.3 is 10.1 Å². The fourth-order valence-corrected chi connectivity index (χ4v) is 3.14. The van der Waals surface area contributed by atoms with Gasteiger partial charge in [0.05, 0.1) is 7.11 Å². The Hall–Kier alpha value is -1.09. The number of methoxy groups -OCH3 is 1. The lowest BCUT2D eigenvalue weighted by atomic mass is 10.0. The van der Waals surface area contributed by atoms with Crippen LogP contribution in [-0.4, -0.2) is 13.2 Å². The van der Waals surface area contributed by atoms with E-state index in [2.05, 4.69) is 19.2 Å². The summed E-state index contributed by atoms with van der Waals surface area (Å²) < 4.78 is 18.8. The molecule has 0 bridgehead atoms. The second-order valence-corrected chi connectivity index (χ2v) is 6.08. The normalized spacial score (nSPS) is 25.0. The van der Waals surface area contributed by atoms with Gasteiger partial charge in [0.15, 0.2) is 0 Å². The van der Waals surface area contributed by atoms with Gasteiger partial charge in [-0.1, -0.05) is 19.8 Å². The van der Waals surface area contributed by atoms with Crippen molar-refractivity contribution in [1.82, 2.24) is 5.32 Å². The van der Waals surface area contributed by atoms with E-state index in [4.69, 9.17) is 4.74 Å². The summed E-state index contributed by atoms with van der Waals surface area (Å²) in [6.07, 6.45) is 6.32. The van der Waals surface area contributed by atoms with Crippen molar-refractivity contribution in [2.75, 3.05) is 7.11 Å². The summed E-state index contributed by atoms with van der Waals surface area (Å²) in [5.41, 5.74) is 0.907. The SMILES string of the molecule is COc1ccc(F)cc1C(C)NC1CCCC(C)CC1. The molecule has 1 saturated carbocycles. The zero-order valence-corrected chi connectivity index (χ0v) is 12.8. The van der Waals surface area contributed by atoms with Crippen molar-refractivity contribution < 1.29 is 9.13 Å². The summed E-state index contributed by atoms with van der Waals surface area (Å²) in [4.78, 5) is 0. The molecule has 2 nitrogen and oxygen atoms in total. The van der Waals surface area contributed by atoms with Crippen LogP contribution in [-0.2, 0) is 0 Å². The van der Waals surface area contributed by atoms with E-state index in [1.165, 1.54) is 38.2 Å². The maximum Gasteiger partial charge on any atom is 0.123 e. The fourth-order valence-electron chi connectivity index (χ4n) is 3.14. The predicted molar refractivity (Wildman–Crippen MR) is 80.5 cm³/mol. The Balaban J connectivity index is 2.03. The van der Waals surface area contributed by atoms with Crippen LogP contribution >= 0.6 is 0 Å². The molecule has 112 valence electrons. The molecule has 3 atom stereocenters. The standard InChI is InChI=1S/C17H26FNO/c1-12-5-4-6-15(9-7-12)19-13(2)16-11-14(18)8-10-17(16)20-3/h8,10-13,15,19H,4-7,9H2,1-3H3. The van der Waals surface area contributed by atoms with Crippen molar-refractivity contribution in [2.24, 2.45) is 5.92 Å². The molecule has 0 radical (unpaired) electrons. The van der Waals surface area contributed by atoms with Gasteiger partial charge in [-0.25, -0.2) is 4.39 Å². The Morgan fingerprint density at radius 1 is 1.25 bits per heavy atom. The Morgan fingerprint density at radius 2 is 2.05 bits per heavy atom. The van der Waals surface area contributed by atoms with Gasteiger partial charge in [0.2, 0.25) is 0 Å². The molecule has 1 aromatic rings. The van der Waals surface area contributed by atoms with Crippen LogP contribution in [0.2, 0.25) is 0 Å². The number of nitrogens with one attached hydrogen (secondary N) is 1. The molecule has 0 heterocycles. The molecule has 1 fully saturated rings. The van der Waals surface area contributed by atoms with Crippen molar-refractivity contribution in [3.05, 3.63) is 29.6 Å². The van der Waals surface area contributed by atoms with Crippen molar-refractivity contribution in [3.63, 3.8) is 0 Å². The van der Waals surface area contributed by atoms with Crippen LogP contribution in [0.1, 0.15) is 57.6 Å². The third kappa shape index (κ3) is 3.95. The second-order valence-electron chi connectivity index (χ2n) is 6.08. The number of halogens is 1. The van der Waals surface area contributed by atoms with Crippen molar-refractivity contribution in [2.45, 2.75) is 58.0 Å². The maximum absolute atomic E-state index is 13.5. The largest absolute Gasteiger partial charge is 0.496 e. The first kappa shape index (κ1) is 15.3. The van der Waals surface area contributed by atoms with E-state index in [-0.39, 0.29) is 11.9 Å². The van der Waals surface area contributed by atoms with Crippen molar-refractivity contribution in [1.29, 1.82) is 0 Å².